The van der Waals surface area contributed by atoms with E-state index in [1.54, 1.807) is 17.1 Å². The second-order valence-corrected chi connectivity index (χ2v) is 5.31. The van der Waals surface area contributed by atoms with Gasteiger partial charge in [-0.2, -0.15) is 0 Å². The highest BCUT2D eigenvalue weighted by Gasteiger charge is 2.00. The van der Waals surface area contributed by atoms with E-state index in [-0.39, 0.29) is 5.75 Å². The van der Waals surface area contributed by atoms with E-state index in [9.17, 15) is 8.42 Å². The molecule has 6 nitrogen and oxygen atoms in total. The van der Waals surface area contributed by atoms with Crippen molar-refractivity contribution in [1.29, 1.82) is 0 Å². The molecular formula is C7H14N4O2S. The third-order valence-electron chi connectivity index (χ3n) is 1.64. The predicted molar refractivity (Wildman–Crippen MR) is 52.6 cm³/mol. The summed E-state index contributed by atoms with van der Waals surface area (Å²) >= 11 is 0. The minimum absolute atomic E-state index is 0.171. The van der Waals surface area contributed by atoms with Crippen LogP contribution in [0.15, 0.2) is 12.4 Å². The van der Waals surface area contributed by atoms with Crippen LogP contribution in [0.3, 0.4) is 0 Å². The average Bonchev–Trinajstić information content (AvgIpc) is 2.54. The highest BCUT2D eigenvalue weighted by molar-refractivity contribution is 7.90. The first-order chi connectivity index (χ1) is 6.58. The van der Waals surface area contributed by atoms with Crippen LogP contribution in [-0.4, -0.2) is 48.5 Å². The maximum absolute atomic E-state index is 10.8. The fraction of sp³-hybridized carbons (Fsp3) is 0.714. The summed E-state index contributed by atoms with van der Waals surface area (Å²) in [6.45, 7) is 1.87. The molecule has 1 aromatic heterocycles. The van der Waals surface area contributed by atoms with Gasteiger partial charge in [-0.1, -0.05) is 5.21 Å². The van der Waals surface area contributed by atoms with Gasteiger partial charge in [0.25, 0.3) is 0 Å². The van der Waals surface area contributed by atoms with Crippen molar-refractivity contribution in [2.45, 2.75) is 6.54 Å². The molecule has 7 heteroatoms. The van der Waals surface area contributed by atoms with E-state index < -0.39 is 9.84 Å². The Morgan fingerprint density at radius 2 is 2.21 bits per heavy atom. The van der Waals surface area contributed by atoms with Gasteiger partial charge in [-0.3, -0.25) is 4.68 Å². The van der Waals surface area contributed by atoms with Crippen LogP contribution in [0.25, 0.3) is 0 Å². The van der Waals surface area contributed by atoms with Gasteiger partial charge >= 0.3 is 0 Å². The lowest BCUT2D eigenvalue weighted by atomic mass is 10.6. The molecule has 1 N–H and O–H groups in total. The molecule has 14 heavy (non-hydrogen) atoms. The quantitative estimate of drug-likeness (QED) is 0.614. The zero-order chi connectivity index (χ0) is 10.4. The predicted octanol–water partition coefficient (Wildman–Crippen LogP) is -1.09. The maximum Gasteiger partial charge on any atom is 0.148 e. The van der Waals surface area contributed by atoms with Gasteiger partial charge in [0.15, 0.2) is 0 Å². The van der Waals surface area contributed by atoms with Crippen molar-refractivity contribution in [3.63, 3.8) is 0 Å². The number of nitrogens with one attached hydrogen (secondary N) is 1. The summed E-state index contributed by atoms with van der Waals surface area (Å²) < 4.78 is 23.2. The molecule has 0 aliphatic heterocycles. The summed E-state index contributed by atoms with van der Waals surface area (Å²) in [7, 11) is -2.86. The smallest absolute Gasteiger partial charge is 0.148 e. The largest absolute Gasteiger partial charge is 0.314 e. The highest BCUT2D eigenvalue weighted by Crippen LogP contribution is 1.81. The second kappa shape index (κ2) is 5.06. The molecule has 1 aromatic rings. The van der Waals surface area contributed by atoms with Crippen molar-refractivity contribution in [1.82, 2.24) is 20.3 Å². The molecule has 0 fully saturated rings. The molecule has 1 heterocycles. The molecule has 80 valence electrons. The van der Waals surface area contributed by atoms with Gasteiger partial charge in [0.2, 0.25) is 0 Å². The number of rotatable bonds is 6. The number of sulfone groups is 1. The molecule has 1 rings (SSSR count). The summed E-state index contributed by atoms with van der Waals surface area (Å²) in [6.07, 6.45) is 4.60. The highest BCUT2D eigenvalue weighted by atomic mass is 32.2. The van der Waals surface area contributed by atoms with E-state index in [4.69, 9.17) is 0 Å². The first-order valence-electron chi connectivity index (χ1n) is 4.30. The molecule has 0 spiro atoms. The SMILES string of the molecule is CS(=O)(=O)CCNCCn1ccnn1. The van der Waals surface area contributed by atoms with Crippen LogP contribution in [0.2, 0.25) is 0 Å². The zero-order valence-corrected chi connectivity index (χ0v) is 8.87. The lowest BCUT2D eigenvalue weighted by molar-refractivity contribution is 0.546. The van der Waals surface area contributed by atoms with Crippen LogP contribution in [0.4, 0.5) is 0 Å². The van der Waals surface area contributed by atoms with Gasteiger partial charge < -0.3 is 5.32 Å². The molecule has 0 unspecified atom stereocenters. The van der Waals surface area contributed by atoms with Crippen LogP contribution in [-0.2, 0) is 16.4 Å². The number of hydrogen-bond donors (Lipinski definition) is 1. The van der Waals surface area contributed by atoms with Gasteiger partial charge in [0.1, 0.15) is 9.84 Å². The van der Waals surface area contributed by atoms with E-state index in [0.29, 0.717) is 19.6 Å². The fourth-order valence-electron chi connectivity index (χ4n) is 0.928. The molecule has 0 radical (unpaired) electrons. The van der Waals surface area contributed by atoms with Gasteiger partial charge in [-0.25, -0.2) is 8.42 Å². The summed E-state index contributed by atoms with van der Waals surface area (Å²) in [5, 5.41) is 10.4. The van der Waals surface area contributed by atoms with E-state index in [2.05, 4.69) is 15.6 Å². The van der Waals surface area contributed by atoms with Crippen LogP contribution in [0, 0.1) is 0 Å². The van der Waals surface area contributed by atoms with Crippen LogP contribution in [0.5, 0.6) is 0 Å². The first-order valence-corrected chi connectivity index (χ1v) is 6.36. The fourth-order valence-corrected chi connectivity index (χ4v) is 1.44. The molecule has 0 saturated carbocycles. The summed E-state index contributed by atoms with van der Waals surface area (Å²) in [5.41, 5.74) is 0. The Bertz CT molecular complexity index is 346. The average molecular weight is 218 g/mol. The Labute approximate surface area is 83.2 Å². The number of aromatic nitrogens is 3. The molecule has 0 bridgehead atoms. The van der Waals surface area contributed by atoms with Crippen LogP contribution in [0.1, 0.15) is 0 Å². The molecule has 0 saturated heterocycles. The van der Waals surface area contributed by atoms with Gasteiger partial charge in [0.05, 0.1) is 18.5 Å². The van der Waals surface area contributed by atoms with Crippen LogP contribution < -0.4 is 5.32 Å². The Kier molecular flexibility index (Phi) is 4.02. The van der Waals surface area contributed by atoms with Gasteiger partial charge in [-0.05, 0) is 0 Å². The Morgan fingerprint density at radius 1 is 1.43 bits per heavy atom. The van der Waals surface area contributed by atoms with Crippen molar-refractivity contribution in [2.24, 2.45) is 0 Å². The van der Waals surface area contributed by atoms with Crippen molar-refractivity contribution in [3.05, 3.63) is 12.4 Å². The van der Waals surface area contributed by atoms with E-state index in [0.717, 1.165) is 0 Å². The van der Waals surface area contributed by atoms with Gasteiger partial charge in [0, 0.05) is 25.5 Å². The van der Waals surface area contributed by atoms with Crippen molar-refractivity contribution in [3.8, 4) is 0 Å². The number of nitrogens with zero attached hydrogens (tertiary/aromatic N) is 3. The Balaban J connectivity index is 2.06. The normalized spacial score (nSPS) is 11.8. The molecule has 0 aliphatic carbocycles. The van der Waals surface area contributed by atoms with E-state index >= 15 is 0 Å². The molecule has 0 aromatic carbocycles. The molecular weight excluding hydrogens is 204 g/mol. The zero-order valence-electron chi connectivity index (χ0n) is 8.05. The summed E-state index contributed by atoms with van der Waals surface area (Å²) in [5.74, 6) is 0.171. The van der Waals surface area contributed by atoms with Crippen molar-refractivity contribution < 1.29 is 8.42 Å². The standard InChI is InChI=1S/C7H14N4O2S/c1-14(12,13)7-4-8-2-5-11-6-3-9-10-11/h3,6,8H,2,4-5,7H2,1H3. The topological polar surface area (TPSA) is 76.9 Å². The van der Waals surface area contributed by atoms with Crippen molar-refractivity contribution in [2.75, 3.05) is 25.1 Å². The Morgan fingerprint density at radius 3 is 2.79 bits per heavy atom. The first kappa shape index (κ1) is 11.1. The van der Waals surface area contributed by atoms with E-state index in [1.807, 2.05) is 0 Å². The number of hydrogen-bond acceptors (Lipinski definition) is 5. The van der Waals surface area contributed by atoms with E-state index in [1.165, 1.54) is 6.26 Å². The lowest BCUT2D eigenvalue weighted by Crippen LogP contribution is -2.26. The second-order valence-electron chi connectivity index (χ2n) is 3.05. The molecule has 0 aliphatic rings. The third-order valence-corrected chi connectivity index (χ3v) is 2.58. The molecule has 0 atom stereocenters. The monoisotopic (exact) mass is 218 g/mol. The maximum atomic E-state index is 10.8. The van der Waals surface area contributed by atoms with Gasteiger partial charge in [-0.15, -0.1) is 5.10 Å². The summed E-state index contributed by atoms with van der Waals surface area (Å²) in [6, 6.07) is 0. The van der Waals surface area contributed by atoms with Crippen LogP contribution >= 0.6 is 0 Å². The lowest BCUT2D eigenvalue weighted by Gasteiger charge is -2.02. The minimum Gasteiger partial charge on any atom is -0.314 e. The minimum atomic E-state index is -2.86. The molecule has 0 amide bonds. The third kappa shape index (κ3) is 4.93. The van der Waals surface area contributed by atoms with Crippen molar-refractivity contribution >= 4 is 9.84 Å². The summed E-state index contributed by atoms with van der Waals surface area (Å²) in [4.78, 5) is 0. The Hall–Kier alpha value is -0.950.